The molecule has 3 rings (SSSR count). The van der Waals surface area contributed by atoms with Gasteiger partial charge in [-0.2, -0.15) is 0 Å². The first-order valence-electron chi connectivity index (χ1n) is 8.32. The first-order chi connectivity index (χ1) is 12.4. The normalized spacial score (nSPS) is 11.7. The van der Waals surface area contributed by atoms with Crippen molar-refractivity contribution < 1.29 is 12.8 Å². The highest BCUT2D eigenvalue weighted by atomic mass is 32.2. The largest absolute Gasteiger partial charge is 0.421 e. The van der Waals surface area contributed by atoms with Crippen LogP contribution in [0.1, 0.15) is 22.6 Å². The van der Waals surface area contributed by atoms with Crippen LogP contribution in [0.15, 0.2) is 51.8 Å². The number of hydrogen-bond acceptors (Lipinski definition) is 5. The van der Waals surface area contributed by atoms with Gasteiger partial charge in [0, 0.05) is 18.5 Å². The number of sulfonamides is 1. The molecule has 2 aromatic carbocycles. The third-order valence-corrected chi connectivity index (χ3v) is 5.71. The summed E-state index contributed by atoms with van der Waals surface area (Å²) in [5, 5.41) is 8.05. The lowest BCUT2D eigenvalue weighted by atomic mass is 10.1. The lowest BCUT2D eigenvalue weighted by Gasteiger charge is -2.09. The van der Waals surface area contributed by atoms with Crippen LogP contribution in [0.25, 0.3) is 11.5 Å². The van der Waals surface area contributed by atoms with E-state index in [1.165, 1.54) is 0 Å². The Morgan fingerprint density at radius 3 is 2.50 bits per heavy atom. The topological polar surface area (TPSA) is 85.1 Å². The van der Waals surface area contributed by atoms with Crippen molar-refractivity contribution in [3.8, 4) is 11.5 Å². The lowest BCUT2D eigenvalue weighted by molar-refractivity contribution is 0.501. The number of hydrogen-bond donors (Lipinski definition) is 1. The highest BCUT2D eigenvalue weighted by Gasteiger charge is 2.17. The van der Waals surface area contributed by atoms with Gasteiger partial charge >= 0.3 is 0 Å². The molecular formula is C19H21N3O3S. The number of rotatable bonds is 6. The molecule has 7 heteroatoms. The summed E-state index contributed by atoms with van der Waals surface area (Å²) in [6.07, 6.45) is 0.322. The van der Waals surface area contributed by atoms with Crippen LogP contribution in [-0.2, 0) is 16.4 Å². The molecule has 26 heavy (non-hydrogen) atoms. The molecule has 0 saturated heterocycles. The number of nitrogens with one attached hydrogen (secondary N) is 1. The summed E-state index contributed by atoms with van der Waals surface area (Å²) < 4.78 is 33.1. The number of aryl methyl sites for hydroxylation is 3. The van der Waals surface area contributed by atoms with Crippen LogP contribution < -0.4 is 4.72 Å². The van der Waals surface area contributed by atoms with Gasteiger partial charge in [0.1, 0.15) is 0 Å². The average Bonchev–Trinajstić information content (AvgIpc) is 3.03. The van der Waals surface area contributed by atoms with Crippen molar-refractivity contribution in [3.05, 3.63) is 65.0 Å². The van der Waals surface area contributed by atoms with Crippen LogP contribution in [-0.4, -0.2) is 25.2 Å². The van der Waals surface area contributed by atoms with Gasteiger partial charge in [-0.05, 0) is 44.0 Å². The molecule has 0 aliphatic heterocycles. The first kappa shape index (κ1) is 18.3. The molecule has 0 radical (unpaired) electrons. The van der Waals surface area contributed by atoms with E-state index < -0.39 is 10.0 Å². The summed E-state index contributed by atoms with van der Waals surface area (Å²) in [4.78, 5) is 0.286. The lowest BCUT2D eigenvalue weighted by Crippen LogP contribution is -2.26. The van der Waals surface area contributed by atoms with Crippen LogP contribution in [0.5, 0.6) is 0 Å². The molecule has 0 bridgehead atoms. The molecular weight excluding hydrogens is 350 g/mol. The molecule has 6 nitrogen and oxygen atoms in total. The molecule has 0 aliphatic carbocycles. The maximum Gasteiger partial charge on any atom is 0.247 e. The van der Waals surface area contributed by atoms with Crippen molar-refractivity contribution in [3.63, 3.8) is 0 Å². The minimum absolute atomic E-state index is 0.186. The number of benzene rings is 2. The van der Waals surface area contributed by atoms with E-state index in [4.69, 9.17) is 4.42 Å². The van der Waals surface area contributed by atoms with Crippen LogP contribution in [0.2, 0.25) is 0 Å². The quantitative estimate of drug-likeness (QED) is 0.719. The second-order valence-electron chi connectivity index (χ2n) is 6.23. The molecule has 0 unspecified atom stereocenters. The van der Waals surface area contributed by atoms with E-state index in [1.54, 1.807) is 19.1 Å². The van der Waals surface area contributed by atoms with E-state index in [2.05, 4.69) is 14.9 Å². The number of nitrogens with zero attached hydrogens (tertiary/aromatic N) is 2. The van der Waals surface area contributed by atoms with Gasteiger partial charge in [-0.1, -0.05) is 35.9 Å². The van der Waals surface area contributed by atoms with Crippen molar-refractivity contribution in [1.29, 1.82) is 0 Å². The van der Waals surface area contributed by atoms with Gasteiger partial charge < -0.3 is 4.42 Å². The molecule has 136 valence electrons. The predicted molar refractivity (Wildman–Crippen MR) is 99.3 cm³/mol. The summed E-state index contributed by atoms with van der Waals surface area (Å²) in [5.74, 6) is 0.835. The van der Waals surface area contributed by atoms with Gasteiger partial charge in [0.05, 0.1) is 4.90 Å². The SMILES string of the molecule is Cc1ccc(S(=O)(=O)NCCc2nnc(-c3ccccc3C)o2)c(C)c1. The second kappa shape index (κ2) is 7.39. The minimum Gasteiger partial charge on any atom is -0.421 e. The molecule has 1 heterocycles. The third kappa shape index (κ3) is 4.00. The molecule has 1 N–H and O–H groups in total. The van der Waals surface area contributed by atoms with E-state index in [-0.39, 0.29) is 11.4 Å². The Bertz CT molecular complexity index is 1030. The van der Waals surface area contributed by atoms with Crippen molar-refractivity contribution >= 4 is 10.0 Å². The smallest absolute Gasteiger partial charge is 0.247 e. The monoisotopic (exact) mass is 371 g/mol. The zero-order valence-corrected chi connectivity index (χ0v) is 15.8. The Hall–Kier alpha value is -2.51. The summed E-state index contributed by atoms with van der Waals surface area (Å²) in [6.45, 7) is 5.87. The molecule has 3 aromatic rings. The zero-order chi connectivity index (χ0) is 18.7. The molecule has 0 saturated carbocycles. The second-order valence-corrected chi connectivity index (χ2v) is 7.97. The minimum atomic E-state index is -3.57. The van der Waals surface area contributed by atoms with Gasteiger partial charge in [0.15, 0.2) is 0 Å². The first-order valence-corrected chi connectivity index (χ1v) is 9.80. The average molecular weight is 371 g/mol. The summed E-state index contributed by atoms with van der Waals surface area (Å²) in [6, 6.07) is 13.0. The summed E-state index contributed by atoms with van der Waals surface area (Å²) >= 11 is 0. The van der Waals surface area contributed by atoms with Gasteiger partial charge in [-0.15, -0.1) is 10.2 Å². The fourth-order valence-electron chi connectivity index (χ4n) is 2.75. The highest BCUT2D eigenvalue weighted by molar-refractivity contribution is 7.89. The van der Waals surface area contributed by atoms with Gasteiger partial charge in [0.25, 0.3) is 0 Å². The third-order valence-electron chi connectivity index (χ3n) is 4.09. The van der Waals surface area contributed by atoms with Crippen LogP contribution >= 0.6 is 0 Å². The van der Waals surface area contributed by atoms with Crippen LogP contribution in [0, 0.1) is 20.8 Å². The van der Waals surface area contributed by atoms with Crippen molar-refractivity contribution in [2.75, 3.05) is 6.54 Å². The fraction of sp³-hybridized carbons (Fsp3) is 0.263. The van der Waals surface area contributed by atoms with E-state index in [0.717, 1.165) is 22.3 Å². The van der Waals surface area contributed by atoms with Crippen molar-refractivity contribution in [2.45, 2.75) is 32.1 Å². The zero-order valence-electron chi connectivity index (χ0n) is 15.0. The van der Waals surface area contributed by atoms with Crippen LogP contribution in [0.4, 0.5) is 0 Å². The Morgan fingerprint density at radius 1 is 1.00 bits per heavy atom. The Labute approximate surface area is 153 Å². The molecule has 0 fully saturated rings. The van der Waals surface area contributed by atoms with Gasteiger partial charge in [-0.25, -0.2) is 13.1 Å². The Kier molecular flexibility index (Phi) is 5.20. The van der Waals surface area contributed by atoms with Gasteiger partial charge in [-0.3, -0.25) is 0 Å². The van der Waals surface area contributed by atoms with Crippen LogP contribution in [0.3, 0.4) is 0 Å². The maximum absolute atomic E-state index is 12.4. The van der Waals surface area contributed by atoms with E-state index in [1.807, 2.05) is 44.2 Å². The van der Waals surface area contributed by atoms with E-state index >= 15 is 0 Å². The van der Waals surface area contributed by atoms with E-state index in [0.29, 0.717) is 18.2 Å². The van der Waals surface area contributed by atoms with Crippen molar-refractivity contribution in [2.24, 2.45) is 0 Å². The molecule has 0 amide bonds. The molecule has 0 spiro atoms. The summed E-state index contributed by atoms with van der Waals surface area (Å²) in [5.41, 5.74) is 3.66. The maximum atomic E-state index is 12.4. The Balaban J connectivity index is 1.66. The summed E-state index contributed by atoms with van der Waals surface area (Å²) in [7, 11) is -3.57. The molecule has 0 aliphatic rings. The van der Waals surface area contributed by atoms with Crippen molar-refractivity contribution in [1.82, 2.24) is 14.9 Å². The molecule has 1 aromatic heterocycles. The highest BCUT2D eigenvalue weighted by Crippen LogP contribution is 2.21. The number of aromatic nitrogens is 2. The molecule has 0 atom stereocenters. The Morgan fingerprint density at radius 2 is 1.77 bits per heavy atom. The standard InChI is InChI=1S/C19H21N3O3S/c1-13-8-9-17(15(3)12-13)26(23,24)20-11-10-18-21-22-19(25-18)16-7-5-4-6-14(16)2/h4-9,12,20H,10-11H2,1-3H3. The van der Waals surface area contributed by atoms with Gasteiger partial charge in [0.2, 0.25) is 21.8 Å². The predicted octanol–water partition coefficient (Wildman–Crippen LogP) is 3.18. The van der Waals surface area contributed by atoms with E-state index in [9.17, 15) is 8.42 Å². The fourth-order valence-corrected chi connectivity index (χ4v) is 4.00.